The summed E-state index contributed by atoms with van der Waals surface area (Å²) < 4.78 is 15.2. The number of fused-ring (bicyclic) bond motifs is 1. The van der Waals surface area contributed by atoms with E-state index in [4.69, 9.17) is 0 Å². The minimum absolute atomic E-state index is 0.0650. The van der Waals surface area contributed by atoms with E-state index >= 15 is 0 Å². The van der Waals surface area contributed by atoms with Crippen LogP contribution in [0.25, 0.3) is 5.69 Å². The number of carbonyl (C=O) groups excluding carboxylic acids is 2. The van der Waals surface area contributed by atoms with E-state index in [1.807, 2.05) is 9.58 Å². The lowest BCUT2D eigenvalue weighted by Crippen LogP contribution is -2.37. The topological polar surface area (TPSA) is 67.2 Å². The molecule has 0 bridgehead atoms. The molecular formula is C24H25FN4O2. The Balaban J connectivity index is 1.62. The quantitative estimate of drug-likeness (QED) is 0.691. The van der Waals surface area contributed by atoms with E-state index < -0.39 is 0 Å². The van der Waals surface area contributed by atoms with Gasteiger partial charge in [0, 0.05) is 42.5 Å². The molecule has 1 aliphatic heterocycles. The van der Waals surface area contributed by atoms with Crippen LogP contribution in [0.2, 0.25) is 0 Å². The smallest absolute Gasteiger partial charge is 0.254 e. The van der Waals surface area contributed by atoms with Crippen LogP contribution in [-0.4, -0.2) is 33.0 Å². The van der Waals surface area contributed by atoms with Crippen LogP contribution in [0.3, 0.4) is 0 Å². The summed E-state index contributed by atoms with van der Waals surface area (Å²) in [6.07, 6.45) is 2.53. The lowest BCUT2D eigenvalue weighted by atomic mass is 9.87. The van der Waals surface area contributed by atoms with Crippen LogP contribution in [0.4, 0.5) is 10.1 Å². The number of carbonyl (C=O) groups is 2. The highest BCUT2D eigenvalue weighted by Gasteiger charge is 2.33. The van der Waals surface area contributed by atoms with Gasteiger partial charge in [-0.2, -0.15) is 5.10 Å². The predicted molar refractivity (Wildman–Crippen MR) is 116 cm³/mol. The molecule has 31 heavy (non-hydrogen) atoms. The third kappa shape index (κ3) is 4.50. The molecule has 0 atom stereocenters. The highest BCUT2D eigenvalue weighted by molar-refractivity contribution is 5.95. The zero-order valence-electron chi connectivity index (χ0n) is 17.9. The molecule has 2 amide bonds. The number of halogens is 1. The van der Waals surface area contributed by atoms with Crippen molar-refractivity contribution in [3.05, 3.63) is 77.4 Å². The van der Waals surface area contributed by atoms with Gasteiger partial charge >= 0.3 is 0 Å². The number of amides is 2. The molecule has 3 aromatic rings. The molecule has 1 N–H and O–H groups in total. The zero-order valence-corrected chi connectivity index (χ0v) is 17.9. The monoisotopic (exact) mass is 420 g/mol. The van der Waals surface area contributed by atoms with Gasteiger partial charge in [0.05, 0.1) is 11.9 Å². The van der Waals surface area contributed by atoms with Crippen molar-refractivity contribution in [3.63, 3.8) is 0 Å². The Bertz CT molecular complexity index is 1120. The van der Waals surface area contributed by atoms with E-state index in [1.54, 1.807) is 42.6 Å². The lowest BCUT2D eigenvalue weighted by molar-refractivity contribution is -0.114. The number of nitrogens with one attached hydrogen (secondary N) is 1. The third-order valence-corrected chi connectivity index (χ3v) is 5.39. The minimum Gasteiger partial charge on any atom is -0.334 e. The summed E-state index contributed by atoms with van der Waals surface area (Å²) in [5.41, 5.74) is 3.87. The van der Waals surface area contributed by atoms with Crippen LogP contribution in [-0.2, 0) is 17.8 Å². The maximum atomic E-state index is 13.3. The van der Waals surface area contributed by atoms with Gasteiger partial charge in [0.2, 0.25) is 5.91 Å². The summed E-state index contributed by atoms with van der Waals surface area (Å²) >= 11 is 0. The largest absolute Gasteiger partial charge is 0.334 e. The molecule has 0 aliphatic carbocycles. The van der Waals surface area contributed by atoms with Gasteiger partial charge in [0.15, 0.2) is 0 Å². The number of benzene rings is 2. The molecule has 0 spiro atoms. The Morgan fingerprint density at radius 3 is 2.39 bits per heavy atom. The van der Waals surface area contributed by atoms with Crippen LogP contribution < -0.4 is 5.32 Å². The fraction of sp³-hybridized carbons (Fsp3) is 0.292. The van der Waals surface area contributed by atoms with E-state index in [-0.39, 0.29) is 23.0 Å². The SMILES string of the molecule is CC(=O)Nc1ccc(C(=O)N2Cc3cnn(-c4ccc(F)cc4)c3CC(C)(C)C2)cc1. The fourth-order valence-corrected chi connectivity index (χ4v) is 4.05. The summed E-state index contributed by atoms with van der Waals surface area (Å²) in [5.74, 6) is -0.507. The van der Waals surface area contributed by atoms with E-state index in [1.165, 1.54) is 19.1 Å². The third-order valence-electron chi connectivity index (χ3n) is 5.39. The summed E-state index contributed by atoms with van der Waals surface area (Å²) in [6.45, 7) is 6.75. The van der Waals surface area contributed by atoms with Crippen molar-refractivity contribution in [2.45, 2.75) is 33.7 Å². The molecule has 6 nitrogen and oxygen atoms in total. The van der Waals surface area contributed by atoms with Gasteiger partial charge in [-0.1, -0.05) is 13.8 Å². The first kappa shape index (κ1) is 20.8. The molecule has 0 saturated heterocycles. The Morgan fingerprint density at radius 2 is 1.74 bits per heavy atom. The Labute approximate surface area is 180 Å². The van der Waals surface area contributed by atoms with Gasteiger partial charge in [0.1, 0.15) is 5.82 Å². The fourth-order valence-electron chi connectivity index (χ4n) is 4.05. The van der Waals surface area contributed by atoms with Gasteiger partial charge in [-0.05, 0) is 60.4 Å². The maximum absolute atomic E-state index is 13.3. The van der Waals surface area contributed by atoms with Crippen molar-refractivity contribution in [2.75, 3.05) is 11.9 Å². The second-order valence-electron chi connectivity index (χ2n) is 8.77. The molecule has 4 rings (SSSR count). The highest BCUT2D eigenvalue weighted by atomic mass is 19.1. The van der Waals surface area contributed by atoms with E-state index in [2.05, 4.69) is 24.3 Å². The summed E-state index contributed by atoms with van der Waals surface area (Å²) in [7, 11) is 0. The molecule has 0 fully saturated rings. The number of hydrogen-bond acceptors (Lipinski definition) is 3. The van der Waals surface area contributed by atoms with Crippen molar-refractivity contribution >= 4 is 17.5 Å². The molecule has 2 aromatic carbocycles. The first-order chi connectivity index (χ1) is 14.7. The first-order valence-corrected chi connectivity index (χ1v) is 10.2. The molecule has 0 unspecified atom stereocenters. The van der Waals surface area contributed by atoms with Gasteiger partial charge in [0.25, 0.3) is 5.91 Å². The van der Waals surface area contributed by atoms with Crippen molar-refractivity contribution in [2.24, 2.45) is 5.41 Å². The van der Waals surface area contributed by atoms with Crippen molar-refractivity contribution in [3.8, 4) is 5.69 Å². The summed E-state index contributed by atoms with van der Waals surface area (Å²) in [5, 5.41) is 7.24. The van der Waals surface area contributed by atoms with Gasteiger partial charge < -0.3 is 10.2 Å². The summed E-state index contributed by atoms with van der Waals surface area (Å²) in [4.78, 5) is 26.3. The average molecular weight is 420 g/mol. The molecular weight excluding hydrogens is 395 g/mol. The second kappa shape index (κ2) is 7.98. The zero-order chi connectivity index (χ0) is 22.2. The molecule has 0 saturated carbocycles. The molecule has 0 radical (unpaired) electrons. The number of hydrogen-bond donors (Lipinski definition) is 1. The van der Waals surface area contributed by atoms with Gasteiger partial charge in [-0.15, -0.1) is 0 Å². The van der Waals surface area contributed by atoms with Crippen LogP contribution in [0.5, 0.6) is 0 Å². The van der Waals surface area contributed by atoms with E-state index in [9.17, 15) is 14.0 Å². The number of aromatic nitrogens is 2. The van der Waals surface area contributed by atoms with Gasteiger partial charge in [-0.3, -0.25) is 9.59 Å². The molecule has 1 aromatic heterocycles. The standard InChI is InChI=1S/C24H25FN4O2/c1-16(30)27-20-8-4-17(5-9-20)23(31)28-14-18-13-26-29(21-10-6-19(25)7-11-21)22(18)12-24(2,3)15-28/h4-11,13H,12,14-15H2,1-3H3,(H,27,30). The first-order valence-electron chi connectivity index (χ1n) is 10.2. The number of anilines is 1. The van der Waals surface area contributed by atoms with E-state index in [0.717, 1.165) is 23.4 Å². The normalized spacial score (nSPS) is 15.2. The number of nitrogens with zero attached hydrogens (tertiary/aromatic N) is 3. The average Bonchev–Trinajstić information content (AvgIpc) is 3.02. The Hall–Kier alpha value is -3.48. The second-order valence-corrected chi connectivity index (χ2v) is 8.77. The van der Waals surface area contributed by atoms with Crippen LogP contribution in [0.15, 0.2) is 54.7 Å². The van der Waals surface area contributed by atoms with Crippen LogP contribution >= 0.6 is 0 Å². The maximum Gasteiger partial charge on any atom is 0.254 e. The van der Waals surface area contributed by atoms with Crippen molar-refractivity contribution < 1.29 is 14.0 Å². The van der Waals surface area contributed by atoms with E-state index in [0.29, 0.717) is 24.3 Å². The Kier molecular flexibility index (Phi) is 5.35. The van der Waals surface area contributed by atoms with Crippen molar-refractivity contribution in [1.29, 1.82) is 0 Å². The molecule has 7 heteroatoms. The minimum atomic E-state index is -0.288. The predicted octanol–water partition coefficient (Wildman–Crippen LogP) is 4.19. The van der Waals surface area contributed by atoms with Crippen molar-refractivity contribution in [1.82, 2.24) is 14.7 Å². The molecule has 160 valence electrons. The summed E-state index contributed by atoms with van der Waals surface area (Å²) in [6, 6.07) is 13.2. The van der Waals surface area contributed by atoms with Crippen LogP contribution in [0.1, 0.15) is 42.4 Å². The molecule has 1 aliphatic rings. The molecule has 2 heterocycles. The Morgan fingerprint density at radius 1 is 1.06 bits per heavy atom. The number of rotatable bonds is 3. The van der Waals surface area contributed by atoms with Crippen LogP contribution in [0, 0.1) is 11.2 Å². The van der Waals surface area contributed by atoms with Gasteiger partial charge in [-0.25, -0.2) is 9.07 Å². The highest BCUT2D eigenvalue weighted by Crippen LogP contribution is 2.32. The lowest BCUT2D eigenvalue weighted by Gasteiger charge is -2.30.